The zero-order valence-electron chi connectivity index (χ0n) is 42.6. The average molecular weight is 988 g/mol. The predicted octanol–water partition coefficient (Wildman–Crippen LogP) is 20.4. The lowest BCUT2D eigenvalue weighted by molar-refractivity contribution is 0.627. The molecule has 0 spiro atoms. The zero-order valence-corrected chi connectivity index (χ0v) is 42.6. The highest BCUT2D eigenvalue weighted by Crippen LogP contribution is 2.53. The molecule has 0 radical (unpaired) electrons. The van der Waals surface area contributed by atoms with Crippen LogP contribution in [0.25, 0.3) is 93.2 Å². The Kier molecular flexibility index (Phi) is 10.1. The van der Waals surface area contributed by atoms with E-state index in [-0.39, 0.29) is 11.2 Å². The van der Waals surface area contributed by atoms with Crippen molar-refractivity contribution in [3.8, 4) is 39.1 Å². The van der Waals surface area contributed by atoms with Gasteiger partial charge in [-0.1, -0.05) is 166 Å². The summed E-state index contributed by atoms with van der Waals surface area (Å²) in [6.45, 7) is 4.74. The number of rotatable bonds is 9. The number of anilines is 6. The summed E-state index contributed by atoms with van der Waals surface area (Å²) in [5.74, 6) is -0.250. The van der Waals surface area contributed by atoms with Gasteiger partial charge in [-0.15, -0.1) is 0 Å². The smallest absolute Gasteiger partial charge is 0.123 e. The SMILES string of the molecule is CC1(C)c2cc(-c3ccc4c5c6ccc7cccc8ccc(cc5n(-c5ccc(F)cc5)c4c3)c6c87)ccc2-c2ccc(N(c3ccc(-c4ccccc4)cc3)c3ccc(N(c4ccccc4)c4ccccc4)cc3)cc21. The third-order valence-electron chi connectivity index (χ3n) is 16.3. The van der Waals surface area contributed by atoms with Crippen molar-refractivity contribution in [2.24, 2.45) is 0 Å². The molecule has 0 bridgehead atoms. The maximum Gasteiger partial charge on any atom is 0.123 e. The molecule has 0 unspecified atom stereocenters. The molecule has 77 heavy (non-hydrogen) atoms. The molecule has 1 aromatic heterocycles. The second-order valence-corrected chi connectivity index (χ2v) is 21.1. The Balaban J connectivity index is 0.836. The van der Waals surface area contributed by atoms with Crippen molar-refractivity contribution in [1.82, 2.24) is 4.57 Å². The minimum Gasteiger partial charge on any atom is -0.311 e. The number of benzene rings is 13. The number of halogens is 1. The van der Waals surface area contributed by atoms with Crippen LogP contribution in [-0.4, -0.2) is 4.57 Å². The topological polar surface area (TPSA) is 11.4 Å². The second-order valence-electron chi connectivity index (χ2n) is 21.1. The van der Waals surface area contributed by atoms with Crippen molar-refractivity contribution in [2.45, 2.75) is 19.3 Å². The van der Waals surface area contributed by atoms with Gasteiger partial charge in [-0.2, -0.15) is 0 Å². The number of nitrogens with zero attached hydrogens (tertiary/aromatic N) is 3. The molecular formula is C73H50FN3. The van der Waals surface area contributed by atoms with E-state index in [1.807, 2.05) is 12.1 Å². The summed E-state index contributed by atoms with van der Waals surface area (Å²) in [5.41, 5.74) is 19.1. The van der Waals surface area contributed by atoms with Crippen molar-refractivity contribution in [3.63, 3.8) is 0 Å². The average Bonchev–Trinajstić information content (AvgIpc) is 3.93. The van der Waals surface area contributed by atoms with Gasteiger partial charge in [0.2, 0.25) is 0 Å². The summed E-state index contributed by atoms with van der Waals surface area (Å²) in [5, 5.41) is 9.88. The summed E-state index contributed by atoms with van der Waals surface area (Å²) < 4.78 is 16.9. The molecule has 0 aliphatic heterocycles. The molecule has 0 N–H and O–H groups in total. The maximum absolute atomic E-state index is 14.6. The molecule has 15 rings (SSSR count). The van der Waals surface area contributed by atoms with Crippen LogP contribution in [0.4, 0.5) is 38.5 Å². The van der Waals surface area contributed by atoms with Gasteiger partial charge < -0.3 is 14.4 Å². The van der Waals surface area contributed by atoms with E-state index >= 15 is 0 Å². The molecule has 0 fully saturated rings. The molecular weight excluding hydrogens is 938 g/mol. The summed E-state index contributed by atoms with van der Waals surface area (Å²) in [6, 6.07) is 95.5. The minimum absolute atomic E-state index is 0.250. The Bertz CT molecular complexity index is 4510. The fourth-order valence-corrected chi connectivity index (χ4v) is 12.6. The molecule has 14 aromatic rings. The van der Waals surface area contributed by atoms with Gasteiger partial charge in [0.05, 0.1) is 11.0 Å². The number of hydrogen-bond acceptors (Lipinski definition) is 2. The van der Waals surface area contributed by atoms with Gasteiger partial charge in [-0.05, 0) is 192 Å². The van der Waals surface area contributed by atoms with Gasteiger partial charge >= 0.3 is 0 Å². The second kappa shape index (κ2) is 17.4. The molecule has 1 aliphatic rings. The normalized spacial score (nSPS) is 12.7. The zero-order chi connectivity index (χ0) is 51.4. The van der Waals surface area contributed by atoms with Gasteiger partial charge in [0.25, 0.3) is 0 Å². The highest BCUT2D eigenvalue weighted by molar-refractivity contribution is 6.33. The monoisotopic (exact) mass is 987 g/mol. The highest BCUT2D eigenvalue weighted by atomic mass is 19.1. The Morgan fingerprint density at radius 2 is 0.805 bits per heavy atom. The van der Waals surface area contributed by atoms with Crippen molar-refractivity contribution < 1.29 is 4.39 Å². The Morgan fingerprint density at radius 1 is 0.325 bits per heavy atom. The Hall–Kier alpha value is -9.77. The highest BCUT2D eigenvalue weighted by Gasteiger charge is 2.36. The molecule has 364 valence electrons. The van der Waals surface area contributed by atoms with E-state index in [0.29, 0.717) is 0 Å². The molecule has 1 aliphatic carbocycles. The summed E-state index contributed by atoms with van der Waals surface area (Å²) in [6.07, 6.45) is 0. The van der Waals surface area contributed by atoms with E-state index in [9.17, 15) is 4.39 Å². The van der Waals surface area contributed by atoms with Crippen molar-refractivity contribution in [2.75, 3.05) is 9.80 Å². The molecule has 13 aromatic carbocycles. The van der Waals surface area contributed by atoms with E-state index in [4.69, 9.17) is 0 Å². The first-order chi connectivity index (χ1) is 37.8. The van der Waals surface area contributed by atoms with Crippen LogP contribution in [0.3, 0.4) is 0 Å². The van der Waals surface area contributed by atoms with Gasteiger partial charge in [-0.25, -0.2) is 4.39 Å². The van der Waals surface area contributed by atoms with E-state index in [1.165, 1.54) is 76.5 Å². The van der Waals surface area contributed by atoms with Gasteiger partial charge in [0.15, 0.2) is 0 Å². The summed E-state index contributed by atoms with van der Waals surface area (Å²) in [4.78, 5) is 4.70. The quantitative estimate of drug-likeness (QED) is 0.134. The van der Waals surface area contributed by atoms with E-state index in [0.717, 1.165) is 62.0 Å². The summed E-state index contributed by atoms with van der Waals surface area (Å²) in [7, 11) is 0. The van der Waals surface area contributed by atoms with Gasteiger partial charge in [-0.3, -0.25) is 0 Å². The van der Waals surface area contributed by atoms with Crippen LogP contribution in [0.2, 0.25) is 0 Å². The minimum atomic E-state index is -0.306. The Labute approximate surface area is 446 Å². The largest absolute Gasteiger partial charge is 0.311 e. The van der Waals surface area contributed by atoms with Crippen LogP contribution in [0.5, 0.6) is 0 Å². The van der Waals surface area contributed by atoms with Gasteiger partial charge in [0.1, 0.15) is 5.82 Å². The molecule has 0 saturated carbocycles. The van der Waals surface area contributed by atoms with Crippen LogP contribution in [0.1, 0.15) is 25.0 Å². The maximum atomic E-state index is 14.6. The van der Waals surface area contributed by atoms with Crippen LogP contribution < -0.4 is 9.80 Å². The van der Waals surface area contributed by atoms with Crippen molar-refractivity contribution in [1.29, 1.82) is 0 Å². The van der Waals surface area contributed by atoms with Gasteiger partial charge in [0, 0.05) is 56.0 Å². The predicted molar refractivity (Wildman–Crippen MR) is 322 cm³/mol. The first-order valence-electron chi connectivity index (χ1n) is 26.5. The third kappa shape index (κ3) is 7.17. The summed E-state index contributed by atoms with van der Waals surface area (Å²) >= 11 is 0. The molecule has 0 atom stereocenters. The molecule has 0 amide bonds. The first kappa shape index (κ1) is 44.7. The first-order valence-corrected chi connectivity index (χ1v) is 26.5. The van der Waals surface area contributed by atoms with E-state index in [1.54, 1.807) is 12.1 Å². The van der Waals surface area contributed by atoms with Crippen LogP contribution in [0, 0.1) is 5.82 Å². The van der Waals surface area contributed by atoms with Crippen LogP contribution in [-0.2, 0) is 5.41 Å². The fourth-order valence-electron chi connectivity index (χ4n) is 12.6. The number of para-hydroxylation sites is 2. The lowest BCUT2D eigenvalue weighted by atomic mass is 9.81. The molecule has 3 nitrogen and oxygen atoms in total. The fraction of sp³-hybridized carbons (Fsp3) is 0.0411. The Morgan fingerprint density at radius 3 is 1.47 bits per heavy atom. The lowest BCUT2D eigenvalue weighted by Gasteiger charge is -2.29. The molecule has 1 heterocycles. The number of aromatic nitrogens is 1. The van der Waals surface area contributed by atoms with Crippen molar-refractivity contribution >= 4 is 88.2 Å². The van der Waals surface area contributed by atoms with Crippen LogP contribution >= 0.6 is 0 Å². The van der Waals surface area contributed by atoms with Crippen LogP contribution in [0.15, 0.2) is 267 Å². The lowest BCUT2D eigenvalue weighted by Crippen LogP contribution is -2.17. The number of fused-ring (bicyclic) bond motifs is 7. The molecule has 4 heteroatoms. The molecule has 0 saturated heterocycles. The van der Waals surface area contributed by atoms with E-state index < -0.39 is 0 Å². The standard InChI is InChI=1S/C73H50FN3/c1-73(2)66-43-51(52-27-40-64-68(44-52)77(60-32-28-54(74)29-33-60)69-45-53-22-21-49-15-12-16-50-25-41-65(72(64)69)71(53)70(49)50)26-39-62(66)63-42-38-61(46-67(63)73)76(57-30-23-48(24-31-57)47-13-6-3-7-14-47)59-36-34-58(35-37-59)75(55-17-8-4-9-18-55)56-19-10-5-11-20-56/h3-46H,1-2H3. The number of hydrogen-bond donors (Lipinski definition) is 0. The third-order valence-corrected chi connectivity index (χ3v) is 16.3. The van der Waals surface area contributed by atoms with Crippen molar-refractivity contribution in [3.05, 3.63) is 284 Å². The van der Waals surface area contributed by atoms with E-state index in [2.05, 4.69) is 271 Å².